The third-order valence-electron chi connectivity index (χ3n) is 14.7. The van der Waals surface area contributed by atoms with E-state index in [4.69, 9.17) is 11.5 Å². The Balaban J connectivity index is 1.17. The quantitative estimate of drug-likeness (QED) is 0.136. The van der Waals surface area contributed by atoms with E-state index in [-0.39, 0.29) is 11.8 Å². The topological polar surface area (TPSA) is 52.0 Å². The summed E-state index contributed by atoms with van der Waals surface area (Å²) in [4.78, 5) is 0. The molecule has 2 heteroatoms. The van der Waals surface area contributed by atoms with Crippen LogP contribution in [0.4, 0.5) is 0 Å². The van der Waals surface area contributed by atoms with Crippen LogP contribution in [0.2, 0.25) is 0 Å². The minimum absolute atomic E-state index is 0.125. The van der Waals surface area contributed by atoms with Crippen molar-refractivity contribution in [3.05, 3.63) is 287 Å². The van der Waals surface area contributed by atoms with Gasteiger partial charge in [0.05, 0.1) is 0 Å². The molecule has 2 aliphatic rings. The first-order valence-electron chi connectivity index (χ1n) is 23.4. The molecule has 4 atom stereocenters. The van der Waals surface area contributed by atoms with E-state index in [1.54, 1.807) is 0 Å². The van der Waals surface area contributed by atoms with Crippen molar-refractivity contribution in [1.82, 2.24) is 0 Å². The van der Waals surface area contributed by atoms with Gasteiger partial charge in [0.15, 0.2) is 0 Å². The molecule has 4 N–H and O–H groups in total. The highest BCUT2D eigenvalue weighted by Crippen LogP contribution is 2.60. The fraction of sp³-hybridized carbons (Fsp3) is 0.125. The second-order valence-electron chi connectivity index (χ2n) is 17.9. The van der Waals surface area contributed by atoms with Crippen molar-refractivity contribution in [2.45, 2.75) is 49.4 Å². The minimum Gasteiger partial charge on any atom is -0.401 e. The lowest BCUT2D eigenvalue weighted by Gasteiger charge is -2.50. The van der Waals surface area contributed by atoms with Crippen LogP contribution in [-0.4, -0.2) is 0 Å². The van der Waals surface area contributed by atoms with Crippen LogP contribution in [0.15, 0.2) is 265 Å². The fourth-order valence-corrected chi connectivity index (χ4v) is 11.2. The number of rotatable bonds is 11. The zero-order valence-electron chi connectivity index (χ0n) is 37.8. The van der Waals surface area contributed by atoms with Crippen molar-refractivity contribution in [3.63, 3.8) is 0 Å². The number of hydrogen-bond acceptors (Lipinski definition) is 2. The summed E-state index contributed by atoms with van der Waals surface area (Å²) in [7, 11) is 0. The van der Waals surface area contributed by atoms with Crippen molar-refractivity contribution < 1.29 is 0 Å². The van der Waals surface area contributed by atoms with Crippen LogP contribution in [-0.2, 0) is 10.8 Å². The summed E-state index contributed by atoms with van der Waals surface area (Å²) in [6.45, 7) is 4.61. The van der Waals surface area contributed by atoms with E-state index in [0.29, 0.717) is 0 Å². The first-order chi connectivity index (χ1) is 32.4. The predicted octanol–water partition coefficient (Wildman–Crippen LogP) is 15.5. The molecule has 0 saturated carbocycles. The molecular weight excluding hydrogens is 797 g/mol. The van der Waals surface area contributed by atoms with Gasteiger partial charge < -0.3 is 11.5 Å². The van der Waals surface area contributed by atoms with Gasteiger partial charge in [-0.2, -0.15) is 0 Å². The number of hydrogen-bond donors (Lipinski definition) is 2. The lowest BCUT2D eigenvalue weighted by atomic mass is 9.53. The Hall–Kier alpha value is -7.68. The van der Waals surface area contributed by atoms with Gasteiger partial charge in [0.1, 0.15) is 0 Å². The Labute approximate surface area is 391 Å². The predicted molar refractivity (Wildman–Crippen MR) is 278 cm³/mol. The van der Waals surface area contributed by atoms with Crippen molar-refractivity contribution in [2.75, 3.05) is 0 Å². The molecule has 322 valence electrons. The molecule has 0 aliphatic heterocycles. The molecule has 0 fully saturated rings. The number of benzene rings is 8. The van der Waals surface area contributed by atoms with E-state index >= 15 is 0 Å². The second-order valence-corrected chi connectivity index (χ2v) is 17.9. The van der Waals surface area contributed by atoms with Crippen LogP contribution in [0.25, 0.3) is 44.5 Å². The summed E-state index contributed by atoms with van der Waals surface area (Å²) in [5.41, 5.74) is 32.5. The second kappa shape index (κ2) is 18.1. The molecule has 4 unspecified atom stereocenters. The summed E-state index contributed by atoms with van der Waals surface area (Å²) in [5.74, 6) is -0.250. The smallest absolute Gasteiger partial charge is 0.0454 e. The zero-order valence-corrected chi connectivity index (χ0v) is 37.8. The van der Waals surface area contributed by atoms with E-state index in [1.165, 1.54) is 77.9 Å². The van der Waals surface area contributed by atoms with Gasteiger partial charge >= 0.3 is 0 Å². The zero-order chi connectivity index (χ0) is 45.1. The van der Waals surface area contributed by atoms with Crippen LogP contribution in [0.5, 0.6) is 0 Å². The molecule has 0 amide bonds. The summed E-state index contributed by atoms with van der Waals surface area (Å²) in [5, 5.41) is 0. The summed E-state index contributed by atoms with van der Waals surface area (Å²) in [6, 6.07) is 79.4. The molecular formula is C64H56N2. The Kier molecular flexibility index (Phi) is 11.6. The molecule has 0 bridgehead atoms. The minimum atomic E-state index is -0.560. The van der Waals surface area contributed by atoms with Gasteiger partial charge in [0, 0.05) is 34.1 Å². The first-order valence-corrected chi connectivity index (χ1v) is 23.4. The summed E-state index contributed by atoms with van der Waals surface area (Å²) in [6.07, 6.45) is 10.6. The van der Waals surface area contributed by atoms with Gasteiger partial charge in [-0.3, -0.25) is 0 Å². The van der Waals surface area contributed by atoms with Crippen LogP contribution in [0.3, 0.4) is 0 Å². The molecule has 2 nitrogen and oxygen atoms in total. The molecule has 0 saturated heterocycles. The molecule has 10 rings (SSSR count). The fourth-order valence-electron chi connectivity index (χ4n) is 11.2. The van der Waals surface area contributed by atoms with Crippen LogP contribution in [0.1, 0.15) is 60.8 Å². The normalized spacial score (nSPS) is 20.4. The Morgan fingerprint density at radius 2 is 0.545 bits per heavy atom. The van der Waals surface area contributed by atoms with Crippen molar-refractivity contribution >= 4 is 0 Å². The van der Waals surface area contributed by atoms with Crippen LogP contribution in [0, 0.1) is 0 Å². The average molecular weight is 853 g/mol. The van der Waals surface area contributed by atoms with Gasteiger partial charge in [-0.05, 0) is 103 Å². The lowest BCUT2D eigenvalue weighted by molar-refractivity contribution is 0.388. The van der Waals surface area contributed by atoms with Crippen LogP contribution < -0.4 is 11.5 Å². The molecule has 0 radical (unpaired) electrons. The monoisotopic (exact) mass is 852 g/mol. The molecule has 2 aliphatic carbocycles. The molecule has 8 aromatic rings. The van der Waals surface area contributed by atoms with E-state index in [0.717, 1.165) is 24.2 Å². The van der Waals surface area contributed by atoms with Gasteiger partial charge in [-0.15, -0.1) is 0 Å². The van der Waals surface area contributed by atoms with Crippen LogP contribution >= 0.6 is 0 Å². The summed E-state index contributed by atoms with van der Waals surface area (Å²) < 4.78 is 0. The van der Waals surface area contributed by atoms with E-state index < -0.39 is 10.8 Å². The number of allylic oxidation sites excluding steroid dienone is 8. The third kappa shape index (κ3) is 7.43. The summed E-state index contributed by atoms with van der Waals surface area (Å²) >= 11 is 0. The largest absolute Gasteiger partial charge is 0.401 e. The third-order valence-corrected chi connectivity index (χ3v) is 14.7. The van der Waals surface area contributed by atoms with Gasteiger partial charge in [-0.25, -0.2) is 0 Å². The van der Waals surface area contributed by atoms with Gasteiger partial charge in [-0.1, -0.05) is 244 Å². The maximum Gasteiger partial charge on any atom is 0.0454 e. The van der Waals surface area contributed by atoms with E-state index in [2.05, 4.69) is 257 Å². The van der Waals surface area contributed by atoms with Gasteiger partial charge in [0.25, 0.3) is 0 Å². The standard InChI is InChI=1S/C64H56N2/c1-3-63(55-37-33-51(34-38-55)47-21-13-7-14-22-47)59(65)43-41-57(61(63)53-29-25-49(26-30-53)45-17-9-5-10-18-45)58-42-44-60(66)64(4-2,56-39-35-52(36-40-56)48-23-15-8-16-24-48)62(58)54-31-27-50(28-32-54)46-19-11-6-12-20-46/h5-44,61-62H,3-4,65-66H2,1-2H3. The molecule has 8 aromatic carbocycles. The van der Waals surface area contributed by atoms with Gasteiger partial charge in [0.2, 0.25) is 0 Å². The highest BCUT2D eigenvalue weighted by atomic mass is 14.7. The Morgan fingerprint density at radius 3 is 0.803 bits per heavy atom. The molecule has 66 heavy (non-hydrogen) atoms. The number of nitrogens with two attached hydrogens (primary N) is 2. The average Bonchev–Trinajstić information content (AvgIpc) is 3.40. The van der Waals surface area contributed by atoms with Crippen molar-refractivity contribution in [2.24, 2.45) is 11.5 Å². The molecule has 0 aromatic heterocycles. The highest BCUT2D eigenvalue weighted by Gasteiger charge is 2.51. The van der Waals surface area contributed by atoms with E-state index in [9.17, 15) is 0 Å². The lowest BCUT2D eigenvalue weighted by Crippen LogP contribution is -2.45. The van der Waals surface area contributed by atoms with Crippen molar-refractivity contribution in [3.8, 4) is 44.5 Å². The van der Waals surface area contributed by atoms with Crippen molar-refractivity contribution in [1.29, 1.82) is 0 Å². The SMILES string of the molecule is CCC1(c2ccc(-c3ccccc3)cc2)C(N)=CC=C(C2=CC=C(N)C(CC)(c3ccc(-c4ccccc4)cc3)C2c2ccc(-c3ccccc3)cc2)C1c1ccc(-c2ccccc2)cc1. The Morgan fingerprint density at radius 1 is 0.303 bits per heavy atom. The maximum atomic E-state index is 7.48. The first kappa shape index (κ1) is 42.3. The molecule has 0 spiro atoms. The highest BCUT2D eigenvalue weighted by molar-refractivity contribution is 5.71. The Bertz CT molecular complexity index is 2840. The maximum absolute atomic E-state index is 7.48. The molecule has 0 heterocycles. The van der Waals surface area contributed by atoms with E-state index in [1.807, 2.05) is 0 Å².